The number of aromatic nitrogens is 1. The Morgan fingerprint density at radius 3 is 2.71 bits per heavy atom. The molecule has 5 aromatic rings. The van der Waals surface area contributed by atoms with Crippen LogP contribution in [0.15, 0.2) is 74.9 Å². The Hall–Kier alpha value is -4.04. The maximum atomic E-state index is 13.2. The topological polar surface area (TPSA) is 90.9 Å². The predicted molar refractivity (Wildman–Crippen MR) is 131 cm³/mol. The predicted octanol–water partition coefficient (Wildman–Crippen LogP) is 4.58. The van der Waals surface area contributed by atoms with E-state index in [2.05, 4.69) is 4.99 Å². The summed E-state index contributed by atoms with van der Waals surface area (Å²) in [5, 5.41) is 2.49. The van der Waals surface area contributed by atoms with Crippen LogP contribution < -0.4 is 10.4 Å². The van der Waals surface area contributed by atoms with Gasteiger partial charge >= 0.3 is 11.6 Å². The summed E-state index contributed by atoms with van der Waals surface area (Å²) in [5.41, 5.74) is 1.20. The summed E-state index contributed by atoms with van der Waals surface area (Å²) in [6.45, 7) is 3.81. The molecule has 0 aliphatic heterocycles. The molecule has 0 bridgehead atoms. The van der Waals surface area contributed by atoms with E-state index < -0.39 is 17.5 Å². The average molecular weight is 473 g/mol. The van der Waals surface area contributed by atoms with Crippen molar-refractivity contribution in [3.63, 3.8) is 0 Å². The highest BCUT2D eigenvalue weighted by Crippen LogP contribution is 2.25. The molecule has 5 rings (SSSR count). The van der Waals surface area contributed by atoms with E-state index >= 15 is 0 Å². The van der Waals surface area contributed by atoms with E-state index in [-0.39, 0.29) is 18.7 Å². The third-order valence-electron chi connectivity index (χ3n) is 5.56. The lowest BCUT2D eigenvalue weighted by Crippen LogP contribution is -2.24. The first kappa shape index (κ1) is 21.8. The Morgan fingerprint density at radius 2 is 1.88 bits per heavy atom. The lowest BCUT2D eigenvalue weighted by atomic mass is 10.0. The highest BCUT2D eigenvalue weighted by molar-refractivity contribution is 7.16. The molecule has 0 radical (unpaired) electrons. The van der Waals surface area contributed by atoms with E-state index in [1.54, 1.807) is 17.6 Å². The van der Waals surface area contributed by atoms with Gasteiger partial charge in [-0.25, -0.2) is 4.79 Å². The molecule has 0 aliphatic carbocycles. The van der Waals surface area contributed by atoms with Crippen LogP contribution in [0, 0.1) is 6.92 Å². The third kappa shape index (κ3) is 3.82. The number of benzene rings is 3. The average Bonchev–Trinajstić information content (AvgIpc) is 3.16. The lowest BCUT2D eigenvalue weighted by molar-refractivity contribution is -0.143. The number of amides is 1. The molecular weight excluding hydrogens is 452 g/mol. The van der Waals surface area contributed by atoms with Crippen molar-refractivity contribution in [2.45, 2.75) is 20.4 Å². The molecule has 170 valence electrons. The SMILES string of the molecule is CCOC(=O)Cn1c(=NC(=O)c2cc3c(ccc4ccccc43)oc2=O)sc2cccc(C)c21. The minimum absolute atomic E-state index is 0.0955. The molecule has 0 saturated carbocycles. The number of nitrogens with zero attached hydrogens (tertiary/aromatic N) is 2. The van der Waals surface area contributed by atoms with Crippen LogP contribution >= 0.6 is 11.3 Å². The first-order valence-electron chi connectivity index (χ1n) is 10.8. The van der Waals surface area contributed by atoms with Gasteiger partial charge in [0.15, 0.2) is 4.80 Å². The second-order valence-corrected chi connectivity index (χ2v) is 8.77. The molecule has 0 atom stereocenters. The van der Waals surface area contributed by atoms with Crippen LogP contribution in [0.1, 0.15) is 22.8 Å². The summed E-state index contributed by atoms with van der Waals surface area (Å²) in [7, 11) is 0. The summed E-state index contributed by atoms with van der Waals surface area (Å²) < 4.78 is 13.1. The minimum Gasteiger partial charge on any atom is -0.465 e. The third-order valence-corrected chi connectivity index (χ3v) is 6.61. The van der Waals surface area contributed by atoms with Crippen molar-refractivity contribution in [2.75, 3.05) is 6.61 Å². The number of para-hydroxylation sites is 1. The second-order valence-electron chi connectivity index (χ2n) is 7.76. The van der Waals surface area contributed by atoms with Crippen LogP contribution in [-0.2, 0) is 16.1 Å². The van der Waals surface area contributed by atoms with Crippen LogP contribution in [0.4, 0.5) is 0 Å². The summed E-state index contributed by atoms with van der Waals surface area (Å²) >= 11 is 1.27. The Bertz CT molecular complexity index is 1720. The Balaban J connectivity index is 1.69. The van der Waals surface area contributed by atoms with E-state index in [0.29, 0.717) is 15.8 Å². The van der Waals surface area contributed by atoms with Crippen LogP contribution in [0.5, 0.6) is 0 Å². The number of carbonyl (C=O) groups excluding carboxylic acids is 2. The van der Waals surface area contributed by atoms with Crippen molar-refractivity contribution in [2.24, 2.45) is 4.99 Å². The van der Waals surface area contributed by atoms with E-state index in [0.717, 1.165) is 26.6 Å². The molecule has 0 aliphatic rings. The first-order chi connectivity index (χ1) is 16.5. The molecule has 7 nitrogen and oxygen atoms in total. The molecule has 0 unspecified atom stereocenters. The van der Waals surface area contributed by atoms with Crippen molar-refractivity contribution in [1.29, 1.82) is 0 Å². The quantitative estimate of drug-likeness (QED) is 0.217. The molecule has 8 heteroatoms. The Kier molecular flexibility index (Phi) is 5.59. The van der Waals surface area contributed by atoms with Crippen LogP contribution in [0.2, 0.25) is 0 Å². The zero-order valence-electron chi connectivity index (χ0n) is 18.5. The molecule has 2 aromatic heterocycles. The number of hydrogen-bond donors (Lipinski definition) is 0. The van der Waals surface area contributed by atoms with E-state index in [9.17, 15) is 14.4 Å². The van der Waals surface area contributed by atoms with Gasteiger partial charge in [0.05, 0.1) is 16.8 Å². The number of thiazole rings is 1. The van der Waals surface area contributed by atoms with Gasteiger partial charge in [-0.2, -0.15) is 4.99 Å². The monoisotopic (exact) mass is 472 g/mol. The summed E-state index contributed by atoms with van der Waals surface area (Å²) in [4.78, 5) is 42.7. The molecule has 2 heterocycles. The van der Waals surface area contributed by atoms with Crippen LogP contribution in [0.3, 0.4) is 0 Å². The van der Waals surface area contributed by atoms with Gasteiger partial charge in [0.25, 0.3) is 5.91 Å². The molecule has 0 saturated heterocycles. The number of hydrogen-bond acceptors (Lipinski definition) is 6. The maximum absolute atomic E-state index is 13.2. The van der Waals surface area contributed by atoms with Gasteiger partial charge in [-0.15, -0.1) is 0 Å². The molecule has 1 amide bonds. The fourth-order valence-corrected chi connectivity index (χ4v) is 5.15. The van der Waals surface area contributed by atoms with Gasteiger partial charge < -0.3 is 13.7 Å². The fourth-order valence-electron chi connectivity index (χ4n) is 4.04. The molecule has 0 spiro atoms. The van der Waals surface area contributed by atoms with Crippen LogP contribution in [-0.4, -0.2) is 23.1 Å². The Labute approximate surface area is 197 Å². The highest BCUT2D eigenvalue weighted by atomic mass is 32.1. The van der Waals surface area contributed by atoms with Crippen LogP contribution in [0.25, 0.3) is 32.0 Å². The van der Waals surface area contributed by atoms with Crippen molar-refractivity contribution in [3.05, 3.63) is 87.0 Å². The maximum Gasteiger partial charge on any atom is 0.349 e. The Morgan fingerprint density at radius 1 is 1.06 bits per heavy atom. The van der Waals surface area contributed by atoms with Crippen molar-refractivity contribution in [1.82, 2.24) is 4.57 Å². The smallest absolute Gasteiger partial charge is 0.349 e. The number of esters is 1. The molecule has 3 aromatic carbocycles. The number of aryl methyl sites for hydroxylation is 1. The minimum atomic E-state index is -0.759. The normalized spacial score (nSPS) is 12.0. The zero-order valence-corrected chi connectivity index (χ0v) is 19.3. The zero-order chi connectivity index (χ0) is 23.8. The molecule has 34 heavy (non-hydrogen) atoms. The van der Waals surface area contributed by atoms with E-state index in [1.165, 1.54) is 17.4 Å². The summed E-state index contributed by atoms with van der Waals surface area (Å²) in [6.07, 6.45) is 0. The van der Waals surface area contributed by atoms with Crippen molar-refractivity contribution >= 4 is 55.2 Å². The number of carbonyl (C=O) groups is 2. The molecular formula is C26H20N2O5S. The second kappa shape index (κ2) is 8.72. The lowest BCUT2D eigenvalue weighted by Gasteiger charge is -2.07. The van der Waals surface area contributed by atoms with Crippen molar-refractivity contribution in [3.8, 4) is 0 Å². The standard InChI is InChI=1S/C26H20N2O5S/c1-3-32-22(29)14-28-23-15(2)7-6-10-21(23)34-26(28)27-24(30)19-13-18-17-9-5-4-8-16(17)11-12-20(18)33-25(19)31/h4-13H,3,14H2,1-2H3. The molecule has 0 fully saturated rings. The summed E-state index contributed by atoms with van der Waals surface area (Å²) in [6, 6.07) is 18.5. The van der Waals surface area contributed by atoms with Gasteiger partial charge in [0.1, 0.15) is 17.7 Å². The van der Waals surface area contributed by atoms with Gasteiger partial charge in [0, 0.05) is 5.39 Å². The van der Waals surface area contributed by atoms with Crippen molar-refractivity contribution < 1.29 is 18.7 Å². The first-order valence-corrected chi connectivity index (χ1v) is 11.6. The number of ether oxygens (including phenoxy) is 1. The van der Waals surface area contributed by atoms with Gasteiger partial charge in [0.2, 0.25) is 0 Å². The highest BCUT2D eigenvalue weighted by Gasteiger charge is 2.17. The largest absolute Gasteiger partial charge is 0.465 e. The number of fused-ring (bicyclic) bond motifs is 4. The molecule has 0 N–H and O–H groups in total. The van der Waals surface area contributed by atoms with E-state index in [1.807, 2.05) is 55.5 Å². The van der Waals surface area contributed by atoms with E-state index in [4.69, 9.17) is 9.15 Å². The van der Waals surface area contributed by atoms with Gasteiger partial charge in [-0.05, 0) is 48.4 Å². The fraction of sp³-hybridized carbons (Fsp3) is 0.154. The van der Waals surface area contributed by atoms with Gasteiger partial charge in [-0.3, -0.25) is 9.59 Å². The summed E-state index contributed by atoms with van der Waals surface area (Å²) in [5.74, 6) is -1.17. The number of rotatable bonds is 4. The van der Waals surface area contributed by atoms with Gasteiger partial charge in [-0.1, -0.05) is 53.8 Å².